The molecular weight excluding hydrogens is 290 g/mol. The van der Waals surface area contributed by atoms with Gasteiger partial charge in [0, 0.05) is 0 Å². The van der Waals surface area contributed by atoms with Crippen molar-refractivity contribution in [3.05, 3.63) is 83.6 Å². The van der Waals surface area contributed by atoms with Crippen LogP contribution in [0.15, 0.2) is 77.4 Å². The number of hydrogen-bond donors (Lipinski definition) is 0. The molecule has 1 aliphatic heterocycles. The van der Waals surface area contributed by atoms with Crippen LogP contribution in [0.2, 0.25) is 0 Å². The van der Waals surface area contributed by atoms with E-state index in [4.69, 9.17) is 9.47 Å². The standard InChI is InChI=1S/C19H15NO3/c1-22-17-13-6-5-11-15(17)18-20-16(19(21)23-18)12-7-10-14-8-3-2-4-9-14/h2-13H,1H3/b10-7+,16-12-. The predicted molar refractivity (Wildman–Crippen MR) is 89.2 cm³/mol. The van der Waals surface area contributed by atoms with Crippen molar-refractivity contribution in [1.82, 2.24) is 0 Å². The van der Waals surface area contributed by atoms with E-state index >= 15 is 0 Å². The monoisotopic (exact) mass is 305 g/mol. The van der Waals surface area contributed by atoms with Gasteiger partial charge in [0.2, 0.25) is 5.90 Å². The Labute approximate surface area is 134 Å². The van der Waals surface area contributed by atoms with Crippen molar-refractivity contribution in [2.24, 2.45) is 4.99 Å². The Kier molecular flexibility index (Phi) is 4.34. The number of ether oxygens (including phenoxy) is 2. The molecule has 114 valence electrons. The summed E-state index contributed by atoms with van der Waals surface area (Å²) in [6.45, 7) is 0. The van der Waals surface area contributed by atoms with Gasteiger partial charge in [-0.25, -0.2) is 9.79 Å². The van der Waals surface area contributed by atoms with Crippen LogP contribution in [0.25, 0.3) is 6.08 Å². The number of allylic oxidation sites excluding steroid dienone is 2. The van der Waals surface area contributed by atoms with E-state index in [9.17, 15) is 4.79 Å². The highest BCUT2D eigenvalue weighted by Crippen LogP contribution is 2.23. The summed E-state index contributed by atoms with van der Waals surface area (Å²) in [6, 6.07) is 17.1. The lowest BCUT2D eigenvalue weighted by molar-refractivity contribution is -0.130. The Balaban J connectivity index is 1.84. The highest BCUT2D eigenvalue weighted by molar-refractivity contribution is 6.12. The van der Waals surface area contributed by atoms with Gasteiger partial charge in [-0.3, -0.25) is 0 Å². The number of rotatable bonds is 4. The second-order valence-corrected chi connectivity index (χ2v) is 4.83. The molecule has 0 saturated carbocycles. The van der Waals surface area contributed by atoms with Crippen LogP contribution in [0.1, 0.15) is 11.1 Å². The molecular formula is C19H15NO3. The van der Waals surface area contributed by atoms with Gasteiger partial charge in [0.15, 0.2) is 5.70 Å². The minimum atomic E-state index is -0.469. The van der Waals surface area contributed by atoms with Gasteiger partial charge >= 0.3 is 5.97 Å². The summed E-state index contributed by atoms with van der Waals surface area (Å²) < 4.78 is 10.5. The minimum Gasteiger partial charge on any atom is -0.496 e. The topological polar surface area (TPSA) is 47.9 Å². The van der Waals surface area contributed by atoms with Crippen molar-refractivity contribution in [2.45, 2.75) is 0 Å². The van der Waals surface area contributed by atoms with Crippen LogP contribution >= 0.6 is 0 Å². The molecule has 0 amide bonds. The van der Waals surface area contributed by atoms with Crippen molar-refractivity contribution < 1.29 is 14.3 Å². The van der Waals surface area contributed by atoms with Gasteiger partial charge in [-0.2, -0.15) is 0 Å². The molecule has 23 heavy (non-hydrogen) atoms. The third-order valence-electron chi connectivity index (χ3n) is 3.30. The second kappa shape index (κ2) is 6.75. The molecule has 2 aromatic carbocycles. The van der Waals surface area contributed by atoms with Crippen molar-refractivity contribution >= 4 is 17.9 Å². The van der Waals surface area contributed by atoms with Gasteiger partial charge in [-0.05, 0) is 23.8 Å². The van der Waals surface area contributed by atoms with E-state index in [-0.39, 0.29) is 11.6 Å². The van der Waals surface area contributed by atoms with E-state index in [2.05, 4.69) is 4.99 Å². The Morgan fingerprint density at radius 2 is 1.78 bits per heavy atom. The molecule has 0 atom stereocenters. The average Bonchev–Trinajstić information content (AvgIpc) is 2.96. The third kappa shape index (κ3) is 3.37. The molecule has 0 N–H and O–H groups in total. The first kappa shape index (κ1) is 14.8. The summed E-state index contributed by atoms with van der Waals surface area (Å²) in [5, 5.41) is 0. The van der Waals surface area contributed by atoms with Gasteiger partial charge in [0.25, 0.3) is 0 Å². The van der Waals surface area contributed by atoms with Crippen molar-refractivity contribution in [1.29, 1.82) is 0 Å². The fraction of sp³-hybridized carbons (Fsp3) is 0.0526. The number of cyclic esters (lactones) is 1. The lowest BCUT2D eigenvalue weighted by Crippen LogP contribution is -2.06. The van der Waals surface area contributed by atoms with E-state index < -0.39 is 5.97 Å². The van der Waals surface area contributed by atoms with Crippen LogP contribution < -0.4 is 4.74 Å². The number of aliphatic imine (C=N–C) groups is 1. The van der Waals surface area contributed by atoms with Crippen LogP contribution in [0.5, 0.6) is 5.75 Å². The zero-order chi connectivity index (χ0) is 16.1. The lowest BCUT2D eigenvalue weighted by atomic mass is 10.2. The molecule has 2 aromatic rings. The van der Waals surface area contributed by atoms with Gasteiger partial charge in [-0.15, -0.1) is 0 Å². The molecule has 3 rings (SSSR count). The van der Waals surface area contributed by atoms with Crippen molar-refractivity contribution in [2.75, 3.05) is 7.11 Å². The number of carbonyl (C=O) groups excluding carboxylic acids is 1. The smallest absolute Gasteiger partial charge is 0.363 e. The normalized spacial score (nSPS) is 15.8. The number of hydrogen-bond acceptors (Lipinski definition) is 4. The number of esters is 1. The molecule has 4 heteroatoms. The summed E-state index contributed by atoms with van der Waals surface area (Å²) in [5.74, 6) is 0.399. The largest absolute Gasteiger partial charge is 0.496 e. The number of para-hydroxylation sites is 1. The van der Waals surface area contributed by atoms with Crippen molar-refractivity contribution in [3.63, 3.8) is 0 Å². The van der Waals surface area contributed by atoms with E-state index in [1.54, 1.807) is 31.4 Å². The molecule has 1 heterocycles. The van der Waals surface area contributed by atoms with Crippen LogP contribution in [0.4, 0.5) is 0 Å². The lowest BCUT2D eigenvalue weighted by Gasteiger charge is -2.05. The van der Waals surface area contributed by atoms with E-state index in [0.717, 1.165) is 5.56 Å². The molecule has 0 saturated heterocycles. The van der Waals surface area contributed by atoms with E-state index in [1.807, 2.05) is 48.5 Å². The molecule has 0 spiro atoms. The van der Waals surface area contributed by atoms with Crippen LogP contribution in [-0.2, 0) is 9.53 Å². The van der Waals surface area contributed by atoms with E-state index in [0.29, 0.717) is 11.3 Å². The summed E-state index contributed by atoms with van der Waals surface area (Å²) in [5.41, 5.74) is 1.96. The maximum Gasteiger partial charge on any atom is 0.363 e. The summed E-state index contributed by atoms with van der Waals surface area (Å²) >= 11 is 0. The zero-order valence-electron chi connectivity index (χ0n) is 12.6. The summed E-state index contributed by atoms with van der Waals surface area (Å²) in [6.07, 6.45) is 5.31. The highest BCUT2D eigenvalue weighted by Gasteiger charge is 2.25. The second-order valence-electron chi connectivity index (χ2n) is 4.83. The molecule has 0 unspecified atom stereocenters. The fourth-order valence-electron chi connectivity index (χ4n) is 2.17. The number of benzene rings is 2. The molecule has 4 nitrogen and oxygen atoms in total. The molecule has 0 bridgehead atoms. The Bertz CT molecular complexity index is 804. The summed E-state index contributed by atoms with van der Waals surface area (Å²) in [7, 11) is 1.56. The van der Waals surface area contributed by atoms with Gasteiger partial charge in [-0.1, -0.05) is 54.6 Å². The molecule has 0 radical (unpaired) electrons. The van der Waals surface area contributed by atoms with Crippen LogP contribution in [0, 0.1) is 0 Å². The quantitative estimate of drug-likeness (QED) is 0.640. The average molecular weight is 305 g/mol. The Morgan fingerprint density at radius 1 is 1.04 bits per heavy atom. The summed E-state index contributed by atoms with van der Waals surface area (Å²) in [4.78, 5) is 16.2. The maximum absolute atomic E-state index is 11.9. The minimum absolute atomic E-state index is 0.256. The SMILES string of the molecule is COc1ccccc1C1=N/C(=C\C=C\c2ccccc2)C(=O)O1. The molecule has 0 aliphatic carbocycles. The highest BCUT2D eigenvalue weighted by atomic mass is 16.6. The first-order chi connectivity index (χ1) is 11.3. The Hall–Kier alpha value is -3.14. The maximum atomic E-state index is 11.9. The third-order valence-corrected chi connectivity index (χ3v) is 3.30. The van der Waals surface area contributed by atoms with Gasteiger partial charge < -0.3 is 9.47 Å². The predicted octanol–water partition coefficient (Wildman–Crippen LogP) is 3.60. The first-order valence-electron chi connectivity index (χ1n) is 7.15. The van der Waals surface area contributed by atoms with Gasteiger partial charge in [0.1, 0.15) is 5.75 Å². The molecule has 0 aromatic heterocycles. The van der Waals surface area contributed by atoms with E-state index in [1.165, 1.54) is 0 Å². The number of methoxy groups -OCH3 is 1. The first-order valence-corrected chi connectivity index (χ1v) is 7.15. The Morgan fingerprint density at radius 3 is 2.57 bits per heavy atom. The van der Waals surface area contributed by atoms with Gasteiger partial charge in [0.05, 0.1) is 12.7 Å². The van der Waals surface area contributed by atoms with Crippen LogP contribution in [-0.4, -0.2) is 19.0 Å². The molecule has 1 aliphatic rings. The van der Waals surface area contributed by atoms with Crippen LogP contribution in [0.3, 0.4) is 0 Å². The molecule has 0 fully saturated rings. The fourth-order valence-corrected chi connectivity index (χ4v) is 2.17. The number of nitrogens with zero attached hydrogens (tertiary/aromatic N) is 1. The zero-order valence-corrected chi connectivity index (χ0v) is 12.6. The number of carbonyl (C=O) groups is 1. The van der Waals surface area contributed by atoms with Crippen molar-refractivity contribution in [3.8, 4) is 5.75 Å².